The molecule has 0 aliphatic rings. The highest BCUT2D eigenvalue weighted by molar-refractivity contribution is 5.00. The van der Waals surface area contributed by atoms with Gasteiger partial charge in [0.15, 0.2) is 0 Å². The van der Waals surface area contributed by atoms with Gasteiger partial charge in [-0.05, 0) is 33.7 Å². The third kappa shape index (κ3) is 3.92. The predicted octanol–water partition coefficient (Wildman–Crippen LogP) is 2.36. The molecule has 1 unspecified atom stereocenters. The van der Waals surface area contributed by atoms with Gasteiger partial charge >= 0.3 is 0 Å². The topological polar surface area (TPSA) is 21.3 Å². The van der Waals surface area contributed by atoms with Crippen LogP contribution in [0.4, 0.5) is 0 Å². The number of likely N-dealkylation sites (N-methyl/N-ethyl adjacent to an activating group) is 1. The summed E-state index contributed by atoms with van der Waals surface area (Å²) in [4.78, 5) is 0. The highest BCUT2D eigenvalue weighted by Gasteiger charge is 2.27. The SMILES string of the molecule is C=C(CC)CC(NC)C(C)(C)OC. The van der Waals surface area contributed by atoms with E-state index in [0.717, 1.165) is 12.8 Å². The van der Waals surface area contributed by atoms with Crippen molar-refractivity contribution in [2.45, 2.75) is 45.3 Å². The van der Waals surface area contributed by atoms with Gasteiger partial charge in [-0.1, -0.05) is 19.1 Å². The van der Waals surface area contributed by atoms with Crippen molar-refractivity contribution in [3.63, 3.8) is 0 Å². The van der Waals surface area contributed by atoms with Gasteiger partial charge in [0.2, 0.25) is 0 Å². The Morgan fingerprint density at radius 1 is 1.54 bits per heavy atom. The number of hydrogen-bond donors (Lipinski definition) is 1. The van der Waals surface area contributed by atoms with Crippen LogP contribution in [0.15, 0.2) is 12.2 Å². The van der Waals surface area contributed by atoms with Gasteiger partial charge in [0.25, 0.3) is 0 Å². The lowest BCUT2D eigenvalue weighted by atomic mass is 9.92. The molecule has 1 N–H and O–H groups in total. The molecule has 0 rings (SSSR count). The van der Waals surface area contributed by atoms with Crippen molar-refractivity contribution >= 4 is 0 Å². The smallest absolute Gasteiger partial charge is 0.0778 e. The molecule has 0 aromatic carbocycles. The molecule has 0 saturated carbocycles. The lowest BCUT2D eigenvalue weighted by Gasteiger charge is -2.33. The van der Waals surface area contributed by atoms with Crippen molar-refractivity contribution in [1.29, 1.82) is 0 Å². The van der Waals surface area contributed by atoms with E-state index < -0.39 is 0 Å². The number of ether oxygens (including phenoxy) is 1. The molecular formula is C11H23NO. The minimum absolute atomic E-state index is 0.132. The molecule has 0 aliphatic carbocycles. The minimum atomic E-state index is -0.132. The number of hydrogen-bond acceptors (Lipinski definition) is 2. The first-order chi connectivity index (χ1) is 5.97. The maximum atomic E-state index is 5.43. The lowest BCUT2D eigenvalue weighted by Crippen LogP contribution is -2.46. The first-order valence-corrected chi connectivity index (χ1v) is 4.87. The second kappa shape index (κ2) is 5.40. The van der Waals surface area contributed by atoms with E-state index in [1.807, 2.05) is 7.05 Å². The van der Waals surface area contributed by atoms with Crippen LogP contribution >= 0.6 is 0 Å². The summed E-state index contributed by atoms with van der Waals surface area (Å²) in [5, 5.41) is 3.27. The molecule has 2 heteroatoms. The summed E-state index contributed by atoms with van der Waals surface area (Å²) in [7, 11) is 3.72. The molecule has 0 saturated heterocycles. The molecular weight excluding hydrogens is 162 g/mol. The second-order valence-corrected chi connectivity index (χ2v) is 3.96. The molecule has 0 spiro atoms. The Morgan fingerprint density at radius 3 is 2.38 bits per heavy atom. The molecule has 0 aromatic rings. The standard InChI is InChI=1S/C11H23NO/c1-7-9(2)8-10(12-5)11(3,4)13-6/h10,12H,2,7-8H2,1,3-6H3. The molecule has 0 bridgehead atoms. The minimum Gasteiger partial charge on any atom is -0.377 e. The Hall–Kier alpha value is -0.340. The van der Waals surface area contributed by atoms with E-state index >= 15 is 0 Å². The van der Waals surface area contributed by atoms with Crippen LogP contribution in [0.2, 0.25) is 0 Å². The van der Waals surface area contributed by atoms with E-state index in [4.69, 9.17) is 4.74 Å². The normalized spacial score (nSPS) is 14.2. The van der Waals surface area contributed by atoms with Crippen LogP contribution in [0.3, 0.4) is 0 Å². The van der Waals surface area contributed by atoms with Crippen LogP contribution in [0.5, 0.6) is 0 Å². The average Bonchev–Trinajstić information content (AvgIpc) is 2.13. The van der Waals surface area contributed by atoms with Gasteiger partial charge in [0.05, 0.1) is 5.60 Å². The maximum absolute atomic E-state index is 5.43. The van der Waals surface area contributed by atoms with Crippen molar-refractivity contribution in [3.8, 4) is 0 Å². The zero-order valence-electron chi connectivity index (χ0n) is 9.61. The maximum Gasteiger partial charge on any atom is 0.0778 e. The molecule has 0 amide bonds. The molecule has 0 aromatic heterocycles. The van der Waals surface area contributed by atoms with Crippen molar-refractivity contribution in [2.75, 3.05) is 14.2 Å². The van der Waals surface area contributed by atoms with Gasteiger partial charge in [-0.15, -0.1) is 0 Å². The first-order valence-electron chi connectivity index (χ1n) is 4.87. The van der Waals surface area contributed by atoms with Crippen molar-refractivity contribution in [1.82, 2.24) is 5.32 Å². The number of methoxy groups -OCH3 is 1. The Balaban J connectivity index is 4.25. The molecule has 0 radical (unpaired) electrons. The quantitative estimate of drug-likeness (QED) is 0.641. The largest absolute Gasteiger partial charge is 0.377 e. The van der Waals surface area contributed by atoms with E-state index in [1.54, 1.807) is 7.11 Å². The van der Waals surface area contributed by atoms with Crippen LogP contribution in [-0.4, -0.2) is 25.8 Å². The Labute approximate surface area is 82.4 Å². The Bertz CT molecular complexity index is 163. The fourth-order valence-electron chi connectivity index (χ4n) is 1.27. The fourth-order valence-corrected chi connectivity index (χ4v) is 1.27. The summed E-state index contributed by atoms with van der Waals surface area (Å²) >= 11 is 0. The monoisotopic (exact) mass is 185 g/mol. The van der Waals surface area contributed by atoms with Crippen molar-refractivity contribution < 1.29 is 4.74 Å². The van der Waals surface area contributed by atoms with Crippen molar-refractivity contribution in [3.05, 3.63) is 12.2 Å². The molecule has 0 heterocycles. The molecule has 2 nitrogen and oxygen atoms in total. The van der Waals surface area contributed by atoms with Gasteiger partial charge in [0.1, 0.15) is 0 Å². The van der Waals surface area contributed by atoms with Crippen LogP contribution in [-0.2, 0) is 4.74 Å². The van der Waals surface area contributed by atoms with Crippen LogP contribution in [0, 0.1) is 0 Å². The van der Waals surface area contributed by atoms with Gasteiger partial charge < -0.3 is 10.1 Å². The highest BCUT2D eigenvalue weighted by atomic mass is 16.5. The Kier molecular flexibility index (Phi) is 5.26. The number of rotatable bonds is 6. The predicted molar refractivity (Wildman–Crippen MR) is 58.0 cm³/mol. The highest BCUT2D eigenvalue weighted by Crippen LogP contribution is 2.20. The third-order valence-corrected chi connectivity index (χ3v) is 2.71. The van der Waals surface area contributed by atoms with E-state index in [2.05, 4.69) is 32.7 Å². The van der Waals surface area contributed by atoms with Gasteiger partial charge in [-0.2, -0.15) is 0 Å². The van der Waals surface area contributed by atoms with Crippen molar-refractivity contribution in [2.24, 2.45) is 0 Å². The van der Waals surface area contributed by atoms with E-state index in [-0.39, 0.29) is 5.60 Å². The summed E-state index contributed by atoms with van der Waals surface area (Å²) in [5.74, 6) is 0. The fraction of sp³-hybridized carbons (Fsp3) is 0.818. The number of nitrogens with one attached hydrogen (secondary N) is 1. The molecule has 0 aliphatic heterocycles. The average molecular weight is 185 g/mol. The first kappa shape index (κ1) is 12.7. The third-order valence-electron chi connectivity index (χ3n) is 2.71. The van der Waals surface area contributed by atoms with E-state index in [9.17, 15) is 0 Å². The molecule has 0 fully saturated rings. The van der Waals surface area contributed by atoms with Gasteiger partial charge in [-0.25, -0.2) is 0 Å². The summed E-state index contributed by atoms with van der Waals surface area (Å²) in [6.45, 7) is 10.3. The molecule has 1 atom stereocenters. The lowest BCUT2D eigenvalue weighted by molar-refractivity contribution is -0.00807. The summed E-state index contributed by atoms with van der Waals surface area (Å²) in [6, 6.07) is 0.338. The summed E-state index contributed by atoms with van der Waals surface area (Å²) in [6.07, 6.45) is 2.02. The zero-order valence-corrected chi connectivity index (χ0v) is 9.61. The Morgan fingerprint density at radius 2 is 2.08 bits per heavy atom. The molecule has 78 valence electrons. The van der Waals surface area contributed by atoms with Crippen LogP contribution in [0.1, 0.15) is 33.6 Å². The van der Waals surface area contributed by atoms with Crippen LogP contribution < -0.4 is 5.32 Å². The second-order valence-electron chi connectivity index (χ2n) is 3.96. The van der Waals surface area contributed by atoms with E-state index in [1.165, 1.54) is 5.57 Å². The van der Waals surface area contributed by atoms with Gasteiger partial charge in [0, 0.05) is 13.2 Å². The van der Waals surface area contributed by atoms with E-state index in [0.29, 0.717) is 6.04 Å². The molecule has 13 heavy (non-hydrogen) atoms. The zero-order chi connectivity index (χ0) is 10.5. The summed E-state index contributed by atoms with van der Waals surface area (Å²) < 4.78 is 5.43. The van der Waals surface area contributed by atoms with Crippen LogP contribution in [0.25, 0.3) is 0 Å². The summed E-state index contributed by atoms with van der Waals surface area (Å²) in [5.41, 5.74) is 1.14. The van der Waals surface area contributed by atoms with Gasteiger partial charge in [-0.3, -0.25) is 0 Å².